The highest BCUT2D eigenvalue weighted by Gasteiger charge is 2.50. The fourth-order valence-corrected chi connectivity index (χ4v) is 13.5. The Morgan fingerprint density at radius 3 is 2.20 bits per heavy atom. The molecule has 12 N–H and O–H groups in total. The van der Waals surface area contributed by atoms with Crippen LogP contribution in [0.25, 0.3) is 10.9 Å². The second kappa shape index (κ2) is 32.8. The lowest BCUT2D eigenvalue weighted by atomic mass is 9.95. The Kier molecular flexibility index (Phi) is 23.8. The van der Waals surface area contributed by atoms with Gasteiger partial charge in [0.05, 0.1) is 25.9 Å². The molecule has 1 unspecified atom stereocenters. The highest BCUT2D eigenvalue weighted by atomic mass is 19.1. The Hall–Kier alpha value is -10.00. The molecule has 11 bridgehead atoms. The summed E-state index contributed by atoms with van der Waals surface area (Å²) >= 11 is 0. The van der Waals surface area contributed by atoms with Crippen molar-refractivity contribution in [2.75, 3.05) is 46.5 Å². The van der Waals surface area contributed by atoms with Crippen LogP contribution in [0.4, 0.5) is 4.39 Å². The number of fused-ring (bicyclic) bond motifs is 11. The van der Waals surface area contributed by atoms with Crippen LogP contribution in [0.3, 0.4) is 0 Å². The van der Waals surface area contributed by atoms with Gasteiger partial charge in [0.2, 0.25) is 65.0 Å². The summed E-state index contributed by atoms with van der Waals surface area (Å²) in [7, 11) is 1.49. The van der Waals surface area contributed by atoms with Gasteiger partial charge in [0.15, 0.2) is 0 Å². The first-order chi connectivity index (χ1) is 48.0. The maximum Gasteiger partial charge on any atom is 0.246 e. The van der Waals surface area contributed by atoms with E-state index in [9.17, 15) is 33.9 Å². The molecule has 100 heavy (non-hydrogen) atoms. The predicted octanol–water partition coefficient (Wildman–Crippen LogP) is 0.0236. The number of carbonyl (C=O) groups excluding carboxylic acids is 11. The fraction of sp³-hybridized carbons (Fsp3) is 0.479. The standard InChI is InChI=1S/C71H88FN13O15/c1-40-63(90)81-54(35-73)65(92)78-51-31-44-9-7-10-45(29-44)36-75-60(89)39-100-56-22-27-84-62(56)67(94)82-61(41(2)86)66(93)80-52(30-42-12-16-49(98-4)17-13-42)69(96)85-26-8-23-71(85,3)70(97)74-24-21-43-11-14-46(37-76-58(87)19-20-59(88)77-40)57(32-43)99-28-6-5-25-83-38-47(33-53(68(84)95)79-64(51)91)50-34-48(72)15-18-55(50)83/h7,9-18,29,32,34,38,40-41,51-54,56,61-62,86H,5-6,8,19-28,30-31,33,35-37,39,73H2,1-4H3,(H,74,97)(H,75,89)(H,76,87)(H,77,88)(H,78,92)(H,79,91)(H,80,93)(H,81,90)(H,82,94)/t40-,41-,51-,52+,53-,54+,56?,61-,62+,71+/m0/s1. The molecule has 5 aliphatic rings. The van der Waals surface area contributed by atoms with E-state index in [-0.39, 0.29) is 84.3 Å². The molecule has 2 saturated heterocycles. The van der Waals surface area contributed by atoms with E-state index in [0.29, 0.717) is 82.4 Å². The van der Waals surface area contributed by atoms with Crippen molar-refractivity contribution in [3.8, 4) is 11.5 Å². The smallest absolute Gasteiger partial charge is 0.246 e. The zero-order chi connectivity index (χ0) is 71.4. The molecule has 29 heteroatoms. The van der Waals surface area contributed by atoms with Crippen LogP contribution in [0, 0.1) is 5.82 Å². The van der Waals surface area contributed by atoms with E-state index in [1.54, 1.807) is 79.9 Å². The molecular weight excluding hydrogens is 1290 g/mol. The number of ether oxygens (including phenoxy) is 3. The van der Waals surface area contributed by atoms with Gasteiger partial charge in [-0.3, -0.25) is 52.7 Å². The molecule has 0 radical (unpaired) electrons. The number of benzene rings is 4. The summed E-state index contributed by atoms with van der Waals surface area (Å²) in [5, 5.41) is 36.7. The largest absolute Gasteiger partial charge is 0.497 e. The Balaban J connectivity index is 1.09. The monoisotopic (exact) mass is 1380 g/mol. The second-order valence-electron chi connectivity index (χ2n) is 26.3. The van der Waals surface area contributed by atoms with Gasteiger partial charge in [0.1, 0.15) is 71.8 Å². The molecule has 5 aliphatic heterocycles. The van der Waals surface area contributed by atoms with E-state index in [1.165, 1.54) is 38.0 Å². The van der Waals surface area contributed by atoms with Gasteiger partial charge in [-0.25, -0.2) is 4.39 Å². The van der Waals surface area contributed by atoms with Crippen LogP contribution in [0.15, 0.2) is 91.1 Å². The Morgan fingerprint density at radius 1 is 0.680 bits per heavy atom. The number of carbonyl (C=O) groups is 11. The summed E-state index contributed by atoms with van der Waals surface area (Å²) in [5.41, 5.74) is 8.57. The van der Waals surface area contributed by atoms with Crippen LogP contribution in [0.2, 0.25) is 0 Å². The molecule has 6 heterocycles. The summed E-state index contributed by atoms with van der Waals surface area (Å²) in [4.78, 5) is 163. The van der Waals surface area contributed by atoms with Crippen molar-refractivity contribution < 1.29 is 76.4 Å². The molecule has 0 spiro atoms. The lowest BCUT2D eigenvalue weighted by molar-refractivity contribution is -0.148. The first-order valence-corrected chi connectivity index (χ1v) is 34.0. The van der Waals surface area contributed by atoms with Gasteiger partial charge in [-0.15, -0.1) is 0 Å². The molecule has 4 aromatic carbocycles. The van der Waals surface area contributed by atoms with Gasteiger partial charge < -0.3 is 87.3 Å². The highest BCUT2D eigenvalue weighted by molar-refractivity contribution is 6.00. The molecule has 0 aliphatic carbocycles. The molecule has 5 aromatic rings. The minimum Gasteiger partial charge on any atom is -0.497 e. The zero-order valence-electron chi connectivity index (χ0n) is 56.5. The summed E-state index contributed by atoms with van der Waals surface area (Å²) in [5.74, 6) is -8.27. The van der Waals surface area contributed by atoms with Crippen molar-refractivity contribution in [3.05, 3.63) is 130 Å². The number of nitrogens with one attached hydrogen (secondary N) is 9. The molecular formula is C71H88FN13O15. The lowest BCUT2D eigenvalue weighted by Gasteiger charge is -2.37. The number of halogens is 1. The van der Waals surface area contributed by atoms with Crippen LogP contribution in [0.5, 0.6) is 11.5 Å². The number of aromatic nitrogens is 1. The number of nitrogens with two attached hydrogens (primary N) is 1. The molecule has 0 saturated carbocycles. The van der Waals surface area contributed by atoms with Crippen molar-refractivity contribution in [3.63, 3.8) is 0 Å². The number of rotatable bonds is 5. The predicted molar refractivity (Wildman–Crippen MR) is 360 cm³/mol. The summed E-state index contributed by atoms with van der Waals surface area (Å²) in [6.45, 7) is 3.54. The number of methoxy groups -OCH3 is 1. The molecule has 534 valence electrons. The number of amides is 11. The summed E-state index contributed by atoms with van der Waals surface area (Å²) < 4.78 is 35.6. The molecule has 2 fully saturated rings. The van der Waals surface area contributed by atoms with Crippen LogP contribution in [0.1, 0.15) is 99.1 Å². The van der Waals surface area contributed by atoms with E-state index in [1.807, 2.05) is 10.6 Å². The number of aliphatic hydroxyl groups is 1. The number of hydrogen-bond acceptors (Lipinski definition) is 16. The number of aryl methyl sites for hydroxylation is 1. The summed E-state index contributed by atoms with van der Waals surface area (Å²) in [6.07, 6.45) is -0.759. The average Bonchev–Trinajstić information content (AvgIpc) is 1.59. The van der Waals surface area contributed by atoms with Crippen LogP contribution >= 0.6 is 0 Å². The highest BCUT2D eigenvalue weighted by Crippen LogP contribution is 2.32. The van der Waals surface area contributed by atoms with Crippen LogP contribution < -0.4 is 63.1 Å². The van der Waals surface area contributed by atoms with Gasteiger partial charge in [0, 0.05) is 101 Å². The van der Waals surface area contributed by atoms with Crippen LogP contribution in [-0.2, 0) is 103 Å². The zero-order valence-corrected chi connectivity index (χ0v) is 56.5. The maximum atomic E-state index is 16.0. The van der Waals surface area contributed by atoms with Gasteiger partial charge in [-0.05, 0) is 124 Å². The van der Waals surface area contributed by atoms with E-state index >= 15 is 28.4 Å². The first-order valence-electron chi connectivity index (χ1n) is 34.0. The minimum atomic E-state index is -1.84. The van der Waals surface area contributed by atoms with Gasteiger partial charge in [0.25, 0.3) is 0 Å². The van der Waals surface area contributed by atoms with Gasteiger partial charge in [-0.2, -0.15) is 0 Å². The van der Waals surface area contributed by atoms with Crippen molar-refractivity contribution in [2.24, 2.45) is 5.73 Å². The number of aliphatic hydroxyl groups excluding tert-OH is 1. The number of nitrogens with zero attached hydrogens (tertiary/aromatic N) is 3. The minimum absolute atomic E-state index is 0.0140. The van der Waals surface area contributed by atoms with Crippen molar-refractivity contribution in [1.82, 2.24) is 62.2 Å². The lowest BCUT2D eigenvalue weighted by Crippen LogP contribution is -2.64. The van der Waals surface area contributed by atoms with E-state index < -0.39 is 144 Å². The van der Waals surface area contributed by atoms with Crippen molar-refractivity contribution in [2.45, 2.75) is 171 Å². The van der Waals surface area contributed by atoms with E-state index in [2.05, 4.69) is 47.9 Å². The third kappa shape index (κ3) is 17.7. The van der Waals surface area contributed by atoms with Crippen molar-refractivity contribution in [1.29, 1.82) is 0 Å². The Labute approximate surface area is 577 Å². The van der Waals surface area contributed by atoms with Crippen LogP contribution in [-0.4, -0.2) is 191 Å². The Morgan fingerprint density at radius 2 is 1.43 bits per heavy atom. The SMILES string of the molecule is COc1ccc(C[C@H]2NC(=O)[C@H]([C@H](C)O)NC(=O)[C@H]3C4CCN3C(=O)[C@@H]3Cc5cn(c6ccc(F)cc56)CCCCOc5cc(ccc5CNC(=O)CCC(=O)N[C@@H](C)C(=O)N[C@H](CN)C(=O)N[C@@H](Cc5cccc(c5)CNC(=O)CO4)C(=O)N3)CCNC(=O)[C@@]3(C)CCCN3C2=O)cc1. The normalized spacial score (nSPS) is 26.1. The summed E-state index contributed by atoms with van der Waals surface area (Å²) in [6, 6.07) is 12.1. The average molecular weight is 1380 g/mol. The maximum absolute atomic E-state index is 16.0. The van der Waals surface area contributed by atoms with E-state index in [4.69, 9.17) is 19.9 Å². The third-order valence-corrected chi connectivity index (χ3v) is 19.1. The van der Waals surface area contributed by atoms with Crippen molar-refractivity contribution >= 4 is 75.9 Å². The second-order valence-corrected chi connectivity index (χ2v) is 26.3. The molecule has 11 amide bonds. The van der Waals surface area contributed by atoms with E-state index in [0.717, 1.165) is 10.5 Å². The number of hydrogen-bond donors (Lipinski definition) is 11. The van der Waals surface area contributed by atoms with Gasteiger partial charge >= 0.3 is 0 Å². The van der Waals surface area contributed by atoms with Gasteiger partial charge in [-0.1, -0.05) is 48.5 Å². The Bertz CT molecular complexity index is 3900. The third-order valence-electron chi connectivity index (χ3n) is 19.1. The first kappa shape index (κ1) is 72.7. The molecule has 1 aromatic heterocycles. The fourth-order valence-electron chi connectivity index (χ4n) is 13.5. The molecule has 28 nitrogen and oxygen atoms in total. The molecule has 10 atom stereocenters. The molecule has 10 rings (SSSR count). The quantitative estimate of drug-likeness (QED) is 0.111. The topological polar surface area (TPSA) is 381 Å².